The van der Waals surface area contributed by atoms with Crippen molar-refractivity contribution < 1.29 is 0 Å². The van der Waals surface area contributed by atoms with Crippen LogP contribution in [0.5, 0.6) is 0 Å². The third kappa shape index (κ3) is 2.69. The minimum absolute atomic E-state index is 0.106. The lowest BCUT2D eigenvalue weighted by atomic mass is 10.2. The third-order valence-corrected chi connectivity index (χ3v) is 3.14. The molecule has 0 saturated heterocycles. The molecular formula is C15H13N5O2. The van der Waals surface area contributed by atoms with Crippen LogP contribution in [0.1, 0.15) is 11.3 Å². The van der Waals surface area contributed by atoms with Gasteiger partial charge in [-0.2, -0.15) is 4.98 Å². The molecule has 0 aromatic heterocycles. The van der Waals surface area contributed by atoms with E-state index in [4.69, 9.17) is 0 Å². The summed E-state index contributed by atoms with van der Waals surface area (Å²) in [6, 6.07) is 7.71. The van der Waals surface area contributed by atoms with Crippen LogP contribution in [0.2, 0.25) is 0 Å². The average Bonchev–Trinajstić information content (AvgIpc) is 2.48. The summed E-state index contributed by atoms with van der Waals surface area (Å²) < 4.78 is 1.58. The number of H-pyrrole nitrogens is 1. The zero-order valence-corrected chi connectivity index (χ0v) is 12.1. The van der Waals surface area contributed by atoms with Gasteiger partial charge >= 0.3 is 5.69 Å². The molecule has 0 saturated carbocycles. The molecule has 7 heteroatoms. The number of aryl methyl sites for hydroxylation is 2. The first-order chi connectivity index (χ1) is 10.5. The maximum atomic E-state index is 11.8. The first kappa shape index (κ1) is 13.9. The number of aromatic nitrogens is 4. The van der Waals surface area contributed by atoms with Gasteiger partial charge in [-0.3, -0.25) is 14.8 Å². The molecule has 0 fully saturated rings. The van der Waals surface area contributed by atoms with Crippen LogP contribution in [-0.2, 0) is 7.05 Å². The molecule has 2 aliphatic rings. The second kappa shape index (κ2) is 5.36. The number of aliphatic imine (C=N–C) groups is 1. The van der Waals surface area contributed by atoms with Gasteiger partial charge in [0.1, 0.15) is 0 Å². The van der Waals surface area contributed by atoms with E-state index in [1.54, 1.807) is 24.0 Å². The van der Waals surface area contributed by atoms with Gasteiger partial charge in [0.2, 0.25) is 0 Å². The van der Waals surface area contributed by atoms with Gasteiger partial charge in [-0.05, 0) is 19.1 Å². The maximum Gasteiger partial charge on any atom is 0.349 e. The van der Waals surface area contributed by atoms with Crippen molar-refractivity contribution in [2.45, 2.75) is 6.92 Å². The molecule has 2 aliphatic heterocycles. The predicted octanol–water partition coefficient (Wildman–Crippen LogP) is 1.03. The van der Waals surface area contributed by atoms with E-state index in [-0.39, 0.29) is 11.5 Å². The number of hydrogen-bond acceptors (Lipinski definition) is 5. The van der Waals surface area contributed by atoms with Gasteiger partial charge in [-0.15, -0.1) is 0 Å². The van der Waals surface area contributed by atoms with Crippen molar-refractivity contribution in [2.24, 2.45) is 12.0 Å². The highest BCUT2D eigenvalue weighted by Gasteiger charge is 2.14. The van der Waals surface area contributed by atoms with Crippen molar-refractivity contribution >= 4 is 11.9 Å². The highest BCUT2D eigenvalue weighted by atomic mass is 16.2. The quantitative estimate of drug-likeness (QED) is 0.714. The van der Waals surface area contributed by atoms with Gasteiger partial charge in [0.15, 0.2) is 11.5 Å². The van der Waals surface area contributed by atoms with E-state index in [1.165, 1.54) is 0 Å². The van der Waals surface area contributed by atoms with Crippen molar-refractivity contribution in [2.75, 3.05) is 0 Å². The minimum atomic E-state index is -0.684. The topological polar surface area (TPSA) is 93.0 Å². The van der Waals surface area contributed by atoms with Crippen molar-refractivity contribution in [1.29, 1.82) is 0 Å². The van der Waals surface area contributed by atoms with Crippen molar-refractivity contribution in [3.05, 3.63) is 62.6 Å². The van der Waals surface area contributed by atoms with Crippen LogP contribution in [0.25, 0.3) is 11.5 Å². The summed E-state index contributed by atoms with van der Waals surface area (Å²) in [7, 11) is 1.69. The smallest absolute Gasteiger partial charge is 0.332 e. The molecular weight excluding hydrogens is 282 g/mol. The van der Waals surface area contributed by atoms with Gasteiger partial charge in [0.05, 0.1) is 17.6 Å². The van der Waals surface area contributed by atoms with Gasteiger partial charge < -0.3 is 4.57 Å². The fourth-order valence-electron chi connectivity index (χ4n) is 2.03. The van der Waals surface area contributed by atoms with Crippen molar-refractivity contribution in [3.8, 4) is 11.5 Å². The molecule has 22 heavy (non-hydrogen) atoms. The molecule has 7 nitrogen and oxygen atoms in total. The number of nitrogens with one attached hydrogen (secondary N) is 1. The molecule has 0 bridgehead atoms. The Morgan fingerprint density at radius 1 is 1.18 bits per heavy atom. The van der Waals surface area contributed by atoms with Gasteiger partial charge in [-0.1, -0.05) is 17.7 Å². The van der Waals surface area contributed by atoms with Crippen LogP contribution >= 0.6 is 0 Å². The zero-order chi connectivity index (χ0) is 15.7. The van der Waals surface area contributed by atoms with Crippen molar-refractivity contribution in [3.63, 3.8) is 0 Å². The van der Waals surface area contributed by atoms with E-state index in [1.807, 2.05) is 31.2 Å². The van der Waals surface area contributed by atoms with E-state index in [2.05, 4.69) is 19.9 Å². The molecule has 2 heterocycles. The highest BCUT2D eigenvalue weighted by Crippen LogP contribution is 2.13. The second-order valence-electron chi connectivity index (χ2n) is 4.91. The summed E-state index contributed by atoms with van der Waals surface area (Å²) in [6.07, 6.45) is 3.22. The monoisotopic (exact) mass is 295 g/mol. The van der Waals surface area contributed by atoms with Gasteiger partial charge in [0, 0.05) is 13.2 Å². The van der Waals surface area contributed by atoms with E-state index in [0.29, 0.717) is 5.69 Å². The molecule has 1 aromatic rings. The average molecular weight is 295 g/mol. The van der Waals surface area contributed by atoms with Gasteiger partial charge in [0.25, 0.3) is 5.56 Å². The van der Waals surface area contributed by atoms with Crippen LogP contribution in [0.4, 0.5) is 5.69 Å². The Labute approximate surface area is 125 Å². The van der Waals surface area contributed by atoms with Crippen LogP contribution in [0.3, 0.4) is 0 Å². The number of rotatable bonds is 2. The molecule has 0 unspecified atom stereocenters. The molecule has 1 N–H and O–H groups in total. The van der Waals surface area contributed by atoms with E-state index in [9.17, 15) is 9.59 Å². The van der Waals surface area contributed by atoms with Gasteiger partial charge in [-0.25, -0.2) is 9.78 Å². The Bertz CT molecular complexity index is 937. The Morgan fingerprint density at radius 3 is 2.64 bits per heavy atom. The van der Waals surface area contributed by atoms with E-state index >= 15 is 0 Å². The van der Waals surface area contributed by atoms with E-state index in [0.717, 1.165) is 11.3 Å². The normalized spacial score (nSPS) is 11.4. The molecule has 0 amide bonds. The number of aromatic amines is 1. The van der Waals surface area contributed by atoms with Crippen LogP contribution in [-0.4, -0.2) is 25.7 Å². The number of fused-ring (bicyclic) bond motifs is 1. The molecule has 0 radical (unpaired) electrons. The number of benzene rings is 1. The SMILES string of the molecule is Cc1ccc(N=Cc2cn(C)c3nc(=O)[nH]c(=O)c-3n2)cc1. The van der Waals surface area contributed by atoms with Crippen LogP contribution in [0, 0.1) is 6.92 Å². The molecule has 3 rings (SSSR count). The van der Waals surface area contributed by atoms with Crippen LogP contribution < -0.4 is 11.2 Å². The molecule has 1 aromatic carbocycles. The summed E-state index contributed by atoms with van der Waals surface area (Å²) in [5, 5.41) is 0. The standard InChI is InChI=1S/C15H13N5O2/c1-9-3-5-10(6-4-9)16-7-11-8-20(2)13-12(17-11)14(21)19-15(22)18-13/h3-8H,1-2H3,(H,19,21,22). The largest absolute Gasteiger partial charge is 0.349 e. The first-order valence-electron chi connectivity index (χ1n) is 6.61. The minimum Gasteiger partial charge on any atom is -0.332 e. The highest BCUT2D eigenvalue weighted by molar-refractivity contribution is 5.80. The summed E-state index contributed by atoms with van der Waals surface area (Å²) in [4.78, 5) is 37.4. The predicted molar refractivity (Wildman–Crippen MR) is 82.9 cm³/mol. The maximum absolute atomic E-state index is 11.8. The van der Waals surface area contributed by atoms with Crippen molar-refractivity contribution in [1.82, 2.24) is 19.5 Å². The molecule has 110 valence electrons. The summed E-state index contributed by atoms with van der Waals surface area (Å²) in [5.41, 5.74) is 1.31. The Kier molecular flexibility index (Phi) is 3.38. The Balaban J connectivity index is 2.05. The fraction of sp³-hybridized carbons (Fsp3) is 0.133. The Morgan fingerprint density at radius 2 is 1.91 bits per heavy atom. The lowest BCUT2D eigenvalue weighted by Crippen LogP contribution is -2.28. The summed E-state index contributed by atoms with van der Waals surface area (Å²) in [6.45, 7) is 2.00. The summed E-state index contributed by atoms with van der Waals surface area (Å²) in [5.74, 6) is 0.237. The third-order valence-electron chi connectivity index (χ3n) is 3.14. The van der Waals surface area contributed by atoms with E-state index < -0.39 is 11.2 Å². The lowest BCUT2D eigenvalue weighted by molar-refractivity contribution is 0.829. The molecule has 0 spiro atoms. The fourth-order valence-corrected chi connectivity index (χ4v) is 2.03. The Hall–Kier alpha value is -3.09. The first-order valence-corrected chi connectivity index (χ1v) is 6.61. The molecule has 0 aliphatic carbocycles. The number of nitrogens with zero attached hydrogens (tertiary/aromatic N) is 4. The lowest BCUT2D eigenvalue weighted by Gasteiger charge is -2.08. The van der Waals surface area contributed by atoms with Crippen LogP contribution in [0.15, 0.2) is 45.0 Å². The molecule has 0 atom stereocenters. The zero-order valence-electron chi connectivity index (χ0n) is 12.1. The summed E-state index contributed by atoms with van der Waals surface area (Å²) >= 11 is 0. The second-order valence-corrected chi connectivity index (χ2v) is 4.91. The number of hydrogen-bond donors (Lipinski definition) is 1.